The third-order valence-corrected chi connectivity index (χ3v) is 2.28. The second kappa shape index (κ2) is 3.42. The van der Waals surface area contributed by atoms with Gasteiger partial charge in [0.05, 0.1) is 5.70 Å². The number of hydrogen-bond donors (Lipinski definition) is 1. The Morgan fingerprint density at radius 1 is 1.29 bits per heavy atom. The van der Waals surface area contributed by atoms with Crippen molar-refractivity contribution < 1.29 is 0 Å². The van der Waals surface area contributed by atoms with E-state index in [4.69, 9.17) is 5.73 Å². The predicted octanol–water partition coefficient (Wildman–Crippen LogP) is 2.37. The van der Waals surface area contributed by atoms with Crippen LogP contribution < -0.4 is 5.73 Å². The second-order valence-corrected chi connectivity index (χ2v) is 3.04. The van der Waals surface area contributed by atoms with Crippen LogP contribution in [-0.2, 0) is 0 Å². The van der Waals surface area contributed by atoms with Crippen LogP contribution >= 0.6 is 0 Å². The molecule has 1 aliphatic heterocycles. The predicted molar refractivity (Wildman–Crippen MR) is 59.7 cm³/mol. The second-order valence-electron chi connectivity index (χ2n) is 3.04. The van der Waals surface area contributed by atoms with Crippen molar-refractivity contribution in [3.8, 4) is 0 Å². The summed E-state index contributed by atoms with van der Waals surface area (Å²) in [4.78, 5) is 1.91. The van der Waals surface area contributed by atoms with E-state index < -0.39 is 0 Å². The van der Waals surface area contributed by atoms with Gasteiger partial charge in [-0.2, -0.15) is 0 Å². The topological polar surface area (TPSA) is 29.3 Å². The lowest BCUT2D eigenvalue weighted by atomic mass is 10.0. The molecule has 1 aromatic rings. The molecule has 0 radical (unpaired) electrons. The maximum Gasteiger partial charge on any atom is 0.0683 e. The van der Waals surface area contributed by atoms with Gasteiger partial charge in [-0.1, -0.05) is 30.8 Å². The van der Waals surface area contributed by atoms with Gasteiger partial charge in [-0.3, -0.25) is 0 Å². The normalized spacial score (nSPS) is 16.9. The zero-order chi connectivity index (χ0) is 9.97. The fraction of sp³-hybridized carbons (Fsp3) is 0. The van der Waals surface area contributed by atoms with Gasteiger partial charge in [0.2, 0.25) is 0 Å². The maximum absolute atomic E-state index is 5.60. The summed E-state index contributed by atoms with van der Waals surface area (Å²) in [5.41, 5.74) is 8.89. The number of hydrogen-bond acceptors (Lipinski definition) is 2. The third-order valence-electron chi connectivity index (χ3n) is 2.28. The average molecular weight is 184 g/mol. The van der Waals surface area contributed by atoms with Crippen LogP contribution in [0.25, 0.3) is 11.8 Å². The van der Waals surface area contributed by atoms with Crippen molar-refractivity contribution in [3.63, 3.8) is 0 Å². The van der Waals surface area contributed by atoms with E-state index in [-0.39, 0.29) is 0 Å². The van der Waals surface area contributed by atoms with Gasteiger partial charge in [-0.05, 0) is 11.6 Å². The van der Waals surface area contributed by atoms with Gasteiger partial charge in [0.1, 0.15) is 0 Å². The Labute approximate surface area is 83.6 Å². The molecule has 0 bridgehead atoms. The van der Waals surface area contributed by atoms with Gasteiger partial charge in [0.25, 0.3) is 0 Å². The summed E-state index contributed by atoms with van der Waals surface area (Å²) in [7, 11) is 0. The first-order valence-corrected chi connectivity index (χ1v) is 4.47. The Morgan fingerprint density at radius 3 is 2.79 bits per heavy atom. The van der Waals surface area contributed by atoms with Crippen molar-refractivity contribution in [2.45, 2.75) is 0 Å². The molecule has 2 N–H and O–H groups in total. The van der Waals surface area contributed by atoms with E-state index in [0.717, 1.165) is 11.3 Å². The molecule has 0 amide bonds. The maximum atomic E-state index is 5.60. The first-order valence-electron chi connectivity index (χ1n) is 4.47. The first kappa shape index (κ1) is 8.63. The summed E-state index contributed by atoms with van der Waals surface area (Å²) in [6, 6.07) is 8.13. The number of fused-ring (bicyclic) bond motifs is 1. The molecule has 1 aromatic carbocycles. The molecule has 0 fully saturated rings. The van der Waals surface area contributed by atoms with Crippen molar-refractivity contribution in [1.82, 2.24) is 4.90 Å². The number of benzene rings is 1. The Hall–Kier alpha value is -1.96. The van der Waals surface area contributed by atoms with Crippen LogP contribution in [0.15, 0.2) is 49.4 Å². The molecule has 2 nitrogen and oxygen atoms in total. The number of rotatable bonds is 1. The van der Waals surface area contributed by atoms with Gasteiger partial charge in [-0.25, -0.2) is 0 Å². The van der Waals surface area contributed by atoms with Crippen LogP contribution in [0.1, 0.15) is 11.1 Å². The van der Waals surface area contributed by atoms with E-state index in [9.17, 15) is 0 Å². The zero-order valence-corrected chi connectivity index (χ0v) is 7.85. The van der Waals surface area contributed by atoms with Gasteiger partial charge in [0, 0.05) is 24.2 Å². The molecule has 0 aromatic heterocycles. The minimum atomic E-state index is 0.970. The molecule has 0 aliphatic carbocycles. The fourth-order valence-electron chi connectivity index (χ4n) is 1.59. The number of nitrogens with zero attached hydrogens (tertiary/aromatic N) is 1. The smallest absolute Gasteiger partial charge is 0.0683 e. The highest BCUT2D eigenvalue weighted by molar-refractivity contribution is 5.77. The molecule has 0 unspecified atom stereocenters. The van der Waals surface area contributed by atoms with E-state index in [1.165, 1.54) is 5.56 Å². The molecular weight excluding hydrogens is 172 g/mol. The van der Waals surface area contributed by atoms with Crippen LogP contribution in [0.3, 0.4) is 0 Å². The van der Waals surface area contributed by atoms with Crippen LogP contribution in [0.5, 0.6) is 0 Å². The Kier molecular flexibility index (Phi) is 2.11. The SMILES string of the molecule is C=CN1C=Cc2ccccc2/C1=C/N. The van der Waals surface area contributed by atoms with Gasteiger partial charge in [0.15, 0.2) is 0 Å². The highest BCUT2D eigenvalue weighted by Crippen LogP contribution is 2.28. The Bertz CT molecular complexity index is 416. The highest BCUT2D eigenvalue weighted by Gasteiger charge is 2.13. The van der Waals surface area contributed by atoms with E-state index in [0.29, 0.717) is 0 Å². The summed E-state index contributed by atoms with van der Waals surface area (Å²) in [5, 5.41) is 0. The molecule has 14 heavy (non-hydrogen) atoms. The summed E-state index contributed by atoms with van der Waals surface area (Å²) in [6.45, 7) is 3.73. The van der Waals surface area contributed by atoms with E-state index in [2.05, 4.69) is 12.6 Å². The summed E-state index contributed by atoms with van der Waals surface area (Å²) < 4.78 is 0. The van der Waals surface area contributed by atoms with Crippen molar-refractivity contribution >= 4 is 11.8 Å². The van der Waals surface area contributed by atoms with Crippen LogP contribution in [0.4, 0.5) is 0 Å². The Morgan fingerprint density at radius 2 is 2.07 bits per heavy atom. The lowest BCUT2D eigenvalue weighted by Crippen LogP contribution is -2.13. The summed E-state index contributed by atoms with van der Waals surface area (Å²) >= 11 is 0. The molecular formula is C12H12N2. The van der Waals surface area contributed by atoms with Gasteiger partial charge in [-0.15, -0.1) is 0 Å². The van der Waals surface area contributed by atoms with Crippen LogP contribution in [0.2, 0.25) is 0 Å². The lowest BCUT2D eigenvalue weighted by Gasteiger charge is -2.24. The molecule has 0 saturated carbocycles. The highest BCUT2D eigenvalue weighted by atomic mass is 15.1. The summed E-state index contributed by atoms with van der Waals surface area (Å²) in [6.07, 6.45) is 7.34. The minimum Gasteiger partial charge on any atom is -0.403 e. The fourth-order valence-corrected chi connectivity index (χ4v) is 1.59. The van der Waals surface area contributed by atoms with Crippen molar-refractivity contribution in [2.24, 2.45) is 5.73 Å². The van der Waals surface area contributed by atoms with Gasteiger partial charge < -0.3 is 10.6 Å². The lowest BCUT2D eigenvalue weighted by molar-refractivity contribution is 0.723. The standard InChI is InChI=1S/C12H12N2/c1-2-14-8-7-10-5-3-4-6-11(10)12(14)9-13/h2-9H,1,13H2/b12-9-. The van der Waals surface area contributed by atoms with Crippen molar-refractivity contribution in [1.29, 1.82) is 0 Å². The molecule has 0 saturated heterocycles. The van der Waals surface area contributed by atoms with E-state index >= 15 is 0 Å². The van der Waals surface area contributed by atoms with Gasteiger partial charge >= 0.3 is 0 Å². The number of nitrogens with two attached hydrogens (primary N) is 1. The zero-order valence-electron chi connectivity index (χ0n) is 7.85. The van der Waals surface area contributed by atoms with Crippen LogP contribution in [0, 0.1) is 0 Å². The molecule has 2 rings (SSSR count). The molecule has 0 atom stereocenters. The first-order chi connectivity index (χ1) is 6.86. The van der Waals surface area contributed by atoms with Crippen molar-refractivity contribution in [2.75, 3.05) is 0 Å². The quantitative estimate of drug-likeness (QED) is 0.726. The molecule has 2 heteroatoms. The molecule has 70 valence electrons. The monoisotopic (exact) mass is 184 g/mol. The van der Waals surface area contributed by atoms with Crippen molar-refractivity contribution in [3.05, 3.63) is 60.6 Å². The third kappa shape index (κ3) is 1.21. The average Bonchev–Trinajstić information content (AvgIpc) is 2.27. The molecule has 1 heterocycles. The Balaban J connectivity index is 2.58. The van der Waals surface area contributed by atoms with E-state index in [1.54, 1.807) is 12.4 Å². The summed E-state index contributed by atoms with van der Waals surface area (Å²) in [5.74, 6) is 0. The van der Waals surface area contributed by atoms with Crippen LogP contribution in [-0.4, -0.2) is 4.90 Å². The molecule has 0 spiro atoms. The van der Waals surface area contributed by atoms with E-state index in [1.807, 2.05) is 35.4 Å². The largest absolute Gasteiger partial charge is 0.403 e. The minimum absolute atomic E-state index is 0.970. The molecule has 1 aliphatic rings.